The van der Waals surface area contributed by atoms with Crippen molar-refractivity contribution in [2.75, 3.05) is 13.2 Å². The molecule has 0 aromatic heterocycles. The number of hydrogen-bond acceptors (Lipinski definition) is 3. The Balaban J connectivity index is 1.75. The lowest BCUT2D eigenvalue weighted by molar-refractivity contribution is 0.0946. The molecule has 0 unspecified atom stereocenters. The van der Waals surface area contributed by atoms with E-state index in [0.29, 0.717) is 35.3 Å². The quantitative estimate of drug-likeness (QED) is 0.915. The molecule has 24 heavy (non-hydrogen) atoms. The van der Waals surface area contributed by atoms with Crippen molar-refractivity contribution in [1.29, 1.82) is 0 Å². The molecule has 7 heteroatoms. The first kappa shape index (κ1) is 16.5. The van der Waals surface area contributed by atoms with Gasteiger partial charge in [0.25, 0.3) is 5.91 Å². The normalized spacial score (nSPS) is 13.3. The molecule has 0 bridgehead atoms. The molecule has 0 aliphatic carbocycles. The highest BCUT2D eigenvalue weighted by atomic mass is 35.5. The number of hydrogen-bond donors (Lipinski definition) is 1. The Kier molecular flexibility index (Phi) is 4.85. The van der Waals surface area contributed by atoms with Crippen molar-refractivity contribution >= 4 is 17.5 Å². The van der Waals surface area contributed by atoms with Crippen LogP contribution in [0.5, 0.6) is 11.5 Å². The highest BCUT2D eigenvalue weighted by Gasteiger charge is 2.17. The largest absolute Gasteiger partial charge is 0.489 e. The minimum Gasteiger partial charge on any atom is -0.489 e. The smallest absolute Gasteiger partial charge is 0.254 e. The van der Waals surface area contributed by atoms with Gasteiger partial charge in [0.15, 0.2) is 11.5 Å². The number of fused-ring (bicyclic) bond motifs is 1. The van der Waals surface area contributed by atoms with Gasteiger partial charge in [-0.1, -0.05) is 11.6 Å². The van der Waals surface area contributed by atoms with E-state index in [1.54, 1.807) is 12.1 Å². The zero-order valence-electron chi connectivity index (χ0n) is 12.6. The number of halogens is 3. The number of carbonyl (C=O) groups is 1. The van der Waals surface area contributed by atoms with Gasteiger partial charge < -0.3 is 14.8 Å². The van der Waals surface area contributed by atoms with Gasteiger partial charge in [-0.3, -0.25) is 4.79 Å². The Morgan fingerprint density at radius 3 is 2.79 bits per heavy atom. The van der Waals surface area contributed by atoms with Crippen LogP contribution in [0.1, 0.15) is 22.3 Å². The Hall–Kier alpha value is -2.34. The predicted molar refractivity (Wildman–Crippen MR) is 84.6 cm³/mol. The summed E-state index contributed by atoms with van der Waals surface area (Å²) in [5.41, 5.74) is 0.310. The SMILES string of the molecule is O=C(NCc1cc(Cl)c2c(c1)OCCCO2)c1cc(F)ccc1F. The van der Waals surface area contributed by atoms with Crippen molar-refractivity contribution in [2.24, 2.45) is 0 Å². The second-order valence-electron chi connectivity index (χ2n) is 5.26. The molecular formula is C17H14ClF2NO3. The van der Waals surface area contributed by atoms with Crippen LogP contribution in [0.4, 0.5) is 8.78 Å². The molecule has 1 N–H and O–H groups in total. The van der Waals surface area contributed by atoms with Gasteiger partial charge in [-0.2, -0.15) is 0 Å². The van der Waals surface area contributed by atoms with Gasteiger partial charge in [-0.25, -0.2) is 8.78 Å². The van der Waals surface area contributed by atoms with E-state index in [0.717, 1.165) is 24.6 Å². The first-order valence-corrected chi connectivity index (χ1v) is 7.73. The summed E-state index contributed by atoms with van der Waals surface area (Å²) >= 11 is 6.17. The van der Waals surface area contributed by atoms with Crippen molar-refractivity contribution in [2.45, 2.75) is 13.0 Å². The molecule has 1 heterocycles. The van der Waals surface area contributed by atoms with Crippen LogP contribution in [0.15, 0.2) is 30.3 Å². The number of ether oxygens (including phenoxy) is 2. The van der Waals surface area contributed by atoms with E-state index in [-0.39, 0.29) is 12.1 Å². The number of rotatable bonds is 3. The van der Waals surface area contributed by atoms with Crippen LogP contribution in [0.2, 0.25) is 5.02 Å². The highest BCUT2D eigenvalue weighted by molar-refractivity contribution is 6.32. The summed E-state index contributed by atoms with van der Waals surface area (Å²) < 4.78 is 37.8. The van der Waals surface area contributed by atoms with Gasteiger partial charge in [0.1, 0.15) is 11.6 Å². The Bertz CT molecular complexity index is 783. The molecule has 2 aromatic carbocycles. The average Bonchev–Trinajstić information content (AvgIpc) is 2.80. The molecule has 0 saturated carbocycles. The first-order chi connectivity index (χ1) is 11.5. The average molecular weight is 354 g/mol. The summed E-state index contributed by atoms with van der Waals surface area (Å²) in [4.78, 5) is 12.0. The number of benzene rings is 2. The summed E-state index contributed by atoms with van der Waals surface area (Å²) in [6.45, 7) is 1.11. The molecule has 1 aliphatic rings. The van der Waals surface area contributed by atoms with Crippen LogP contribution in [-0.2, 0) is 6.54 Å². The van der Waals surface area contributed by atoms with Crippen LogP contribution < -0.4 is 14.8 Å². The zero-order valence-corrected chi connectivity index (χ0v) is 13.3. The third-order valence-corrected chi connectivity index (χ3v) is 3.77. The first-order valence-electron chi connectivity index (χ1n) is 7.36. The van der Waals surface area contributed by atoms with Gasteiger partial charge in [0.2, 0.25) is 0 Å². The van der Waals surface area contributed by atoms with Gasteiger partial charge in [0.05, 0.1) is 23.8 Å². The Labute approximate surface area is 142 Å². The van der Waals surface area contributed by atoms with E-state index < -0.39 is 17.5 Å². The zero-order chi connectivity index (χ0) is 17.1. The predicted octanol–water partition coefficient (Wildman–Crippen LogP) is 3.71. The molecule has 0 atom stereocenters. The third kappa shape index (κ3) is 3.59. The van der Waals surface area contributed by atoms with E-state index in [9.17, 15) is 13.6 Å². The molecule has 1 aliphatic heterocycles. The van der Waals surface area contributed by atoms with Crippen molar-refractivity contribution < 1.29 is 23.0 Å². The minimum absolute atomic E-state index is 0.0884. The van der Waals surface area contributed by atoms with Crippen molar-refractivity contribution in [3.8, 4) is 11.5 Å². The molecular weight excluding hydrogens is 340 g/mol. The fourth-order valence-electron chi connectivity index (χ4n) is 2.34. The van der Waals surface area contributed by atoms with Crippen LogP contribution in [0.25, 0.3) is 0 Å². The molecule has 126 valence electrons. The standard InChI is InChI=1S/C17H14ClF2NO3/c18-13-6-10(7-15-16(13)24-5-1-4-23-15)9-21-17(22)12-8-11(19)2-3-14(12)20/h2-3,6-8H,1,4-5,9H2,(H,21,22). The van der Waals surface area contributed by atoms with E-state index in [1.807, 2.05) is 0 Å². The van der Waals surface area contributed by atoms with E-state index in [2.05, 4.69) is 5.32 Å². The van der Waals surface area contributed by atoms with E-state index >= 15 is 0 Å². The van der Waals surface area contributed by atoms with Crippen LogP contribution >= 0.6 is 11.6 Å². The summed E-state index contributed by atoms with van der Waals surface area (Å²) in [5.74, 6) is -1.21. The lowest BCUT2D eigenvalue weighted by Gasteiger charge is -2.12. The minimum atomic E-state index is -0.786. The molecule has 3 rings (SSSR count). The van der Waals surface area contributed by atoms with Gasteiger partial charge in [0, 0.05) is 13.0 Å². The van der Waals surface area contributed by atoms with Crippen molar-refractivity contribution in [1.82, 2.24) is 5.32 Å². The Morgan fingerprint density at radius 1 is 1.17 bits per heavy atom. The molecule has 4 nitrogen and oxygen atoms in total. The lowest BCUT2D eigenvalue weighted by Crippen LogP contribution is -2.24. The molecule has 1 amide bonds. The monoisotopic (exact) mass is 353 g/mol. The topological polar surface area (TPSA) is 47.6 Å². The van der Waals surface area contributed by atoms with E-state index in [1.165, 1.54) is 0 Å². The molecule has 0 spiro atoms. The number of nitrogens with one attached hydrogen (secondary N) is 1. The summed E-state index contributed by atoms with van der Waals surface area (Å²) in [6, 6.07) is 6.06. The fraction of sp³-hybridized carbons (Fsp3) is 0.235. The maximum atomic E-state index is 13.6. The fourth-order valence-corrected chi connectivity index (χ4v) is 2.62. The number of amides is 1. The molecule has 0 saturated heterocycles. The van der Waals surface area contributed by atoms with Crippen LogP contribution in [0, 0.1) is 11.6 Å². The summed E-state index contributed by atoms with van der Waals surface area (Å²) in [5, 5.41) is 2.90. The molecule has 0 fully saturated rings. The highest BCUT2D eigenvalue weighted by Crippen LogP contribution is 2.37. The Morgan fingerprint density at radius 2 is 1.96 bits per heavy atom. The molecule has 0 radical (unpaired) electrons. The second-order valence-corrected chi connectivity index (χ2v) is 5.67. The number of carbonyl (C=O) groups excluding carboxylic acids is 1. The van der Waals surface area contributed by atoms with Gasteiger partial charge in [-0.05, 0) is 35.9 Å². The summed E-state index contributed by atoms with van der Waals surface area (Å²) in [6.07, 6.45) is 0.746. The third-order valence-electron chi connectivity index (χ3n) is 3.49. The second kappa shape index (κ2) is 7.05. The lowest BCUT2D eigenvalue weighted by atomic mass is 10.1. The van der Waals surface area contributed by atoms with Crippen molar-refractivity contribution in [3.05, 3.63) is 58.1 Å². The maximum Gasteiger partial charge on any atom is 0.254 e. The molecule has 2 aromatic rings. The summed E-state index contributed by atoms with van der Waals surface area (Å²) in [7, 11) is 0. The maximum absolute atomic E-state index is 13.6. The van der Waals surface area contributed by atoms with Crippen LogP contribution in [-0.4, -0.2) is 19.1 Å². The van der Waals surface area contributed by atoms with Crippen LogP contribution in [0.3, 0.4) is 0 Å². The van der Waals surface area contributed by atoms with Crippen molar-refractivity contribution in [3.63, 3.8) is 0 Å². The van der Waals surface area contributed by atoms with Gasteiger partial charge >= 0.3 is 0 Å². The van der Waals surface area contributed by atoms with E-state index in [4.69, 9.17) is 21.1 Å². The van der Waals surface area contributed by atoms with Gasteiger partial charge in [-0.15, -0.1) is 0 Å².